The highest BCUT2D eigenvalue weighted by molar-refractivity contribution is 7.71. The third-order valence-corrected chi connectivity index (χ3v) is 4.32. The Morgan fingerprint density at radius 3 is 2.80 bits per heavy atom. The zero-order valence-corrected chi connectivity index (χ0v) is 13.1. The van der Waals surface area contributed by atoms with E-state index in [2.05, 4.69) is 23.8 Å². The standard InChI is InChI=1S/C13H17N3O2S2/c1-9-6-15(7-10(2)17-9)8-16-13(19)18-12(14-16)11-4-3-5-20-11/h3-5,9-10H,6-8H2,1-2H3/t9-,10-/m0/s1. The summed E-state index contributed by atoms with van der Waals surface area (Å²) in [5, 5.41) is 6.47. The number of hydrogen-bond donors (Lipinski definition) is 0. The van der Waals surface area contributed by atoms with Crippen LogP contribution < -0.4 is 0 Å². The number of aromatic nitrogens is 2. The van der Waals surface area contributed by atoms with Crippen molar-refractivity contribution in [2.24, 2.45) is 0 Å². The lowest BCUT2D eigenvalue weighted by molar-refractivity contribution is -0.0778. The summed E-state index contributed by atoms with van der Waals surface area (Å²) in [5.74, 6) is 0.597. The third-order valence-electron chi connectivity index (χ3n) is 3.17. The van der Waals surface area contributed by atoms with E-state index in [4.69, 9.17) is 21.4 Å². The fourth-order valence-electron chi connectivity index (χ4n) is 2.48. The van der Waals surface area contributed by atoms with Crippen LogP contribution >= 0.6 is 23.6 Å². The molecule has 1 saturated heterocycles. The normalized spacial score (nSPS) is 24.1. The molecule has 2 aromatic rings. The lowest BCUT2D eigenvalue weighted by Crippen LogP contribution is -2.46. The molecule has 1 aliphatic heterocycles. The van der Waals surface area contributed by atoms with E-state index in [0.29, 0.717) is 17.4 Å². The summed E-state index contributed by atoms with van der Waals surface area (Å²) in [7, 11) is 0. The molecule has 0 N–H and O–H groups in total. The molecule has 3 heterocycles. The minimum atomic E-state index is 0.233. The second-order valence-corrected chi connectivity index (χ2v) is 6.38. The van der Waals surface area contributed by atoms with Gasteiger partial charge in [0.25, 0.3) is 10.7 Å². The first-order chi connectivity index (χ1) is 9.61. The summed E-state index contributed by atoms with van der Waals surface area (Å²) in [6, 6.07) is 3.96. The minimum absolute atomic E-state index is 0.233. The lowest BCUT2D eigenvalue weighted by Gasteiger charge is -2.34. The molecule has 0 bridgehead atoms. The quantitative estimate of drug-likeness (QED) is 0.815. The van der Waals surface area contributed by atoms with Crippen LogP contribution in [0.1, 0.15) is 13.8 Å². The SMILES string of the molecule is C[C@H]1CN(Cn2nc(-c3cccs3)oc2=S)C[C@H](C)O1. The topological polar surface area (TPSA) is 43.4 Å². The average molecular weight is 311 g/mol. The van der Waals surface area contributed by atoms with Crippen molar-refractivity contribution in [3.63, 3.8) is 0 Å². The molecule has 0 saturated carbocycles. The van der Waals surface area contributed by atoms with Crippen molar-refractivity contribution in [2.45, 2.75) is 32.7 Å². The molecular formula is C13H17N3O2S2. The second kappa shape index (κ2) is 5.77. The Kier molecular flexibility index (Phi) is 4.02. The van der Waals surface area contributed by atoms with Crippen LogP contribution in [0, 0.1) is 4.84 Å². The van der Waals surface area contributed by atoms with Crippen LogP contribution in [0.4, 0.5) is 0 Å². The highest BCUT2D eigenvalue weighted by atomic mass is 32.1. The van der Waals surface area contributed by atoms with Crippen LogP contribution in [-0.2, 0) is 11.4 Å². The molecule has 0 unspecified atom stereocenters. The monoisotopic (exact) mass is 311 g/mol. The summed E-state index contributed by atoms with van der Waals surface area (Å²) < 4.78 is 13.0. The maximum atomic E-state index is 5.73. The second-order valence-electron chi connectivity index (χ2n) is 5.08. The zero-order chi connectivity index (χ0) is 14.1. The van der Waals surface area contributed by atoms with Gasteiger partial charge in [-0.15, -0.1) is 16.4 Å². The Morgan fingerprint density at radius 2 is 2.15 bits per heavy atom. The molecule has 2 aromatic heterocycles. The number of morpholine rings is 1. The zero-order valence-electron chi connectivity index (χ0n) is 11.5. The predicted octanol–water partition coefficient (Wildman–Crippen LogP) is 3.00. The Bertz CT molecular complexity index is 610. The van der Waals surface area contributed by atoms with E-state index in [0.717, 1.165) is 18.0 Å². The van der Waals surface area contributed by atoms with Gasteiger partial charge in [-0.2, -0.15) is 0 Å². The molecule has 108 valence electrons. The smallest absolute Gasteiger partial charge is 0.288 e. The molecule has 20 heavy (non-hydrogen) atoms. The Balaban J connectivity index is 1.76. The average Bonchev–Trinajstić information content (AvgIpc) is 2.98. The molecule has 0 radical (unpaired) electrons. The maximum Gasteiger partial charge on any atom is 0.288 e. The number of ether oxygens (including phenoxy) is 1. The van der Waals surface area contributed by atoms with Crippen LogP contribution in [0.3, 0.4) is 0 Å². The van der Waals surface area contributed by atoms with E-state index in [1.54, 1.807) is 16.0 Å². The fraction of sp³-hybridized carbons (Fsp3) is 0.538. The first-order valence-corrected chi connectivity index (χ1v) is 7.90. The van der Waals surface area contributed by atoms with E-state index >= 15 is 0 Å². The van der Waals surface area contributed by atoms with Gasteiger partial charge in [0.05, 0.1) is 23.8 Å². The van der Waals surface area contributed by atoms with Gasteiger partial charge in [0, 0.05) is 13.1 Å². The Morgan fingerprint density at radius 1 is 1.40 bits per heavy atom. The molecule has 7 heteroatoms. The highest BCUT2D eigenvalue weighted by Gasteiger charge is 2.23. The van der Waals surface area contributed by atoms with Crippen molar-refractivity contribution in [1.29, 1.82) is 0 Å². The minimum Gasteiger partial charge on any atom is -0.408 e. The number of hydrogen-bond acceptors (Lipinski definition) is 6. The molecule has 0 amide bonds. The van der Waals surface area contributed by atoms with Crippen molar-refractivity contribution >= 4 is 23.6 Å². The van der Waals surface area contributed by atoms with Crippen LogP contribution in [0.5, 0.6) is 0 Å². The van der Waals surface area contributed by atoms with Crippen LogP contribution in [0.25, 0.3) is 10.8 Å². The molecule has 2 atom stereocenters. The Hall–Kier alpha value is -1.02. The highest BCUT2D eigenvalue weighted by Crippen LogP contribution is 2.23. The van der Waals surface area contributed by atoms with Crippen molar-refractivity contribution < 1.29 is 9.15 Å². The first-order valence-electron chi connectivity index (χ1n) is 6.61. The van der Waals surface area contributed by atoms with Crippen molar-refractivity contribution in [3.05, 3.63) is 22.4 Å². The van der Waals surface area contributed by atoms with Gasteiger partial charge in [-0.25, -0.2) is 4.68 Å². The summed E-state index contributed by atoms with van der Waals surface area (Å²) in [4.78, 5) is 3.70. The van der Waals surface area contributed by atoms with Crippen molar-refractivity contribution in [1.82, 2.24) is 14.7 Å². The molecule has 1 aliphatic rings. The van der Waals surface area contributed by atoms with Gasteiger partial charge >= 0.3 is 0 Å². The predicted molar refractivity (Wildman–Crippen MR) is 80.2 cm³/mol. The van der Waals surface area contributed by atoms with Gasteiger partial charge in [0.15, 0.2) is 0 Å². The van der Waals surface area contributed by atoms with E-state index in [1.807, 2.05) is 17.5 Å². The summed E-state index contributed by atoms with van der Waals surface area (Å²) >= 11 is 6.85. The van der Waals surface area contributed by atoms with E-state index in [1.165, 1.54) is 0 Å². The van der Waals surface area contributed by atoms with Crippen LogP contribution in [0.15, 0.2) is 21.9 Å². The number of thiophene rings is 1. The molecular weight excluding hydrogens is 294 g/mol. The van der Waals surface area contributed by atoms with Gasteiger partial charge in [0.1, 0.15) is 0 Å². The molecule has 3 rings (SSSR count). The largest absolute Gasteiger partial charge is 0.408 e. The molecule has 5 nitrogen and oxygen atoms in total. The van der Waals surface area contributed by atoms with Crippen molar-refractivity contribution in [2.75, 3.05) is 13.1 Å². The molecule has 0 aliphatic carbocycles. The van der Waals surface area contributed by atoms with E-state index < -0.39 is 0 Å². The number of nitrogens with zero attached hydrogens (tertiary/aromatic N) is 3. The first kappa shape index (κ1) is 13.9. The molecule has 0 aromatic carbocycles. The van der Waals surface area contributed by atoms with Crippen molar-refractivity contribution in [3.8, 4) is 10.8 Å². The van der Waals surface area contributed by atoms with Gasteiger partial charge in [0.2, 0.25) is 0 Å². The van der Waals surface area contributed by atoms with Gasteiger partial charge in [-0.05, 0) is 37.5 Å². The lowest BCUT2D eigenvalue weighted by atomic mass is 10.2. The summed E-state index contributed by atoms with van der Waals surface area (Å²) in [6.07, 6.45) is 0.466. The van der Waals surface area contributed by atoms with Crippen LogP contribution in [0.2, 0.25) is 0 Å². The fourth-order valence-corrected chi connectivity index (χ4v) is 3.31. The third kappa shape index (κ3) is 3.01. The van der Waals surface area contributed by atoms with E-state index in [-0.39, 0.29) is 12.2 Å². The summed E-state index contributed by atoms with van der Waals surface area (Å²) in [6.45, 7) is 6.58. The summed E-state index contributed by atoms with van der Waals surface area (Å²) in [5.41, 5.74) is 0. The Labute approximate surface area is 126 Å². The maximum absolute atomic E-state index is 5.73. The van der Waals surface area contributed by atoms with Crippen LogP contribution in [-0.4, -0.2) is 40.0 Å². The van der Waals surface area contributed by atoms with Gasteiger partial charge < -0.3 is 9.15 Å². The van der Waals surface area contributed by atoms with Gasteiger partial charge in [-0.3, -0.25) is 4.90 Å². The van der Waals surface area contributed by atoms with Gasteiger partial charge in [-0.1, -0.05) is 6.07 Å². The van der Waals surface area contributed by atoms with E-state index in [9.17, 15) is 0 Å². The molecule has 1 fully saturated rings. The number of rotatable bonds is 3. The molecule has 0 spiro atoms.